The SMILES string of the molecule is Cc1cc(-n2ncc3ccc(-n4cccc4C#N)cc32)cnn1. The first-order chi connectivity index (χ1) is 11.3. The minimum absolute atomic E-state index is 0.594. The molecule has 0 aliphatic rings. The van der Waals surface area contributed by atoms with Gasteiger partial charge in [0.2, 0.25) is 0 Å². The van der Waals surface area contributed by atoms with Crippen molar-refractivity contribution in [3.05, 3.63) is 66.4 Å². The number of aromatic nitrogens is 5. The lowest BCUT2D eigenvalue weighted by atomic mass is 10.2. The molecule has 3 aromatic heterocycles. The quantitative estimate of drug-likeness (QED) is 0.570. The van der Waals surface area contributed by atoms with Crippen LogP contribution in [-0.2, 0) is 0 Å². The first-order valence-electron chi connectivity index (χ1n) is 7.11. The third kappa shape index (κ3) is 2.15. The molecule has 4 rings (SSSR count). The zero-order chi connectivity index (χ0) is 15.8. The maximum atomic E-state index is 9.20. The van der Waals surface area contributed by atoms with Gasteiger partial charge in [-0.3, -0.25) is 0 Å². The van der Waals surface area contributed by atoms with Crippen molar-refractivity contribution in [1.82, 2.24) is 24.5 Å². The summed E-state index contributed by atoms with van der Waals surface area (Å²) >= 11 is 0. The van der Waals surface area contributed by atoms with Gasteiger partial charge in [-0.2, -0.15) is 20.6 Å². The van der Waals surface area contributed by atoms with Crippen LogP contribution in [-0.4, -0.2) is 24.5 Å². The van der Waals surface area contributed by atoms with Crippen LogP contribution in [0.5, 0.6) is 0 Å². The predicted octanol–water partition coefficient (Wildman–Crippen LogP) is 2.79. The second-order valence-electron chi connectivity index (χ2n) is 5.23. The zero-order valence-corrected chi connectivity index (χ0v) is 12.4. The van der Waals surface area contributed by atoms with Crippen LogP contribution in [0.4, 0.5) is 0 Å². The molecule has 4 aromatic rings. The van der Waals surface area contributed by atoms with Gasteiger partial charge in [0.1, 0.15) is 11.8 Å². The molecule has 0 saturated carbocycles. The van der Waals surface area contributed by atoms with Crippen LogP contribution in [0.3, 0.4) is 0 Å². The molecule has 6 heteroatoms. The monoisotopic (exact) mass is 300 g/mol. The third-order valence-electron chi connectivity index (χ3n) is 3.70. The van der Waals surface area contributed by atoms with E-state index in [0.29, 0.717) is 5.69 Å². The number of fused-ring (bicyclic) bond motifs is 1. The number of hydrogen-bond acceptors (Lipinski definition) is 4. The Balaban J connectivity index is 1.92. The van der Waals surface area contributed by atoms with E-state index in [1.807, 2.05) is 58.9 Å². The van der Waals surface area contributed by atoms with Crippen LogP contribution >= 0.6 is 0 Å². The van der Waals surface area contributed by atoms with Gasteiger partial charge in [0.15, 0.2) is 0 Å². The van der Waals surface area contributed by atoms with Gasteiger partial charge in [-0.1, -0.05) is 0 Å². The molecular formula is C17H12N6. The zero-order valence-electron chi connectivity index (χ0n) is 12.4. The van der Waals surface area contributed by atoms with Crippen molar-refractivity contribution in [3.8, 4) is 17.4 Å². The Morgan fingerprint density at radius 2 is 2.00 bits per heavy atom. The van der Waals surface area contributed by atoms with E-state index < -0.39 is 0 Å². The first kappa shape index (κ1) is 13.2. The smallest absolute Gasteiger partial charge is 0.124 e. The maximum absolute atomic E-state index is 9.20. The van der Waals surface area contributed by atoms with Gasteiger partial charge >= 0.3 is 0 Å². The average molecular weight is 300 g/mol. The summed E-state index contributed by atoms with van der Waals surface area (Å²) in [5.41, 5.74) is 4.15. The summed E-state index contributed by atoms with van der Waals surface area (Å²) in [6, 6.07) is 13.8. The van der Waals surface area contributed by atoms with Gasteiger partial charge in [-0.25, -0.2) is 4.68 Å². The summed E-state index contributed by atoms with van der Waals surface area (Å²) in [5.74, 6) is 0. The number of nitriles is 1. The molecule has 0 fully saturated rings. The fourth-order valence-corrected chi connectivity index (χ4v) is 2.63. The Hall–Kier alpha value is -3.46. The van der Waals surface area contributed by atoms with E-state index >= 15 is 0 Å². The summed E-state index contributed by atoms with van der Waals surface area (Å²) in [4.78, 5) is 0. The summed E-state index contributed by atoms with van der Waals surface area (Å²) < 4.78 is 3.68. The number of hydrogen-bond donors (Lipinski definition) is 0. The van der Waals surface area contributed by atoms with E-state index in [2.05, 4.69) is 21.4 Å². The normalized spacial score (nSPS) is 10.8. The molecule has 1 aromatic carbocycles. The molecule has 23 heavy (non-hydrogen) atoms. The Morgan fingerprint density at radius 3 is 2.83 bits per heavy atom. The van der Waals surface area contributed by atoms with Gasteiger partial charge in [-0.05, 0) is 43.3 Å². The molecular weight excluding hydrogens is 288 g/mol. The standard InChI is InChI=1S/C17H12N6/c1-12-7-16(11-19-21-12)23-17-8-14(5-4-13(17)10-20-23)22-6-2-3-15(22)9-18/h2-8,10-11H,1H3. The number of rotatable bonds is 2. The van der Waals surface area contributed by atoms with Gasteiger partial charge in [-0.15, -0.1) is 0 Å². The van der Waals surface area contributed by atoms with Crippen LogP contribution in [0.1, 0.15) is 11.4 Å². The lowest BCUT2D eigenvalue weighted by Gasteiger charge is -2.07. The highest BCUT2D eigenvalue weighted by Crippen LogP contribution is 2.22. The molecule has 3 heterocycles. The van der Waals surface area contributed by atoms with Crippen molar-refractivity contribution in [2.24, 2.45) is 0 Å². The van der Waals surface area contributed by atoms with Crippen molar-refractivity contribution in [2.45, 2.75) is 6.92 Å². The average Bonchev–Trinajstić information content (AvgIpc) is 3.20. The van der Waals surface area contributed by atoms with Crippen LogP contribution in [0.25, 0.3) is 22.3 Å². The fraction of sp³-hybridized carbons (Fsp3) is 0.0588. The van der Waals surface area contributed by atoms with E-state index in [0.717, 1.165) is 28.0 Å². The van der Waals surface area contributed by atoms with Gasteiger partial charge in [0.05, 0.1) is 29.3 Å². The lowest BCUT2D eigenvalue weighted by Crippen LogP contribution is -2.00. The van der Waals surface area contributed by atoms with Crippen molar-refractivity contribution in [1.29, 1.82) is 5.26 Å². The number of aryl methyl sites for hydroxylation is 1. The second-order valence-corrected chi connectivity index (χ2v) is 5.23. The van der Waals surface area contributed by atoms with E-state index in [9.17, 15) is 5.26 Å². The molecule has 0 unspecified atom stereocenters. The van der Waals surface area contributed by atoms with Gasteiger partial charge in [0.25, 0.3) is 0 Å². The summed E-state index contributed by atoms with van der Waals surface area (Å²) in [6.45, 7) is 1.90. The third-order valence-corrected chi connectivity index (χ3v) is 3.70. The minimum Gasteiger partial charge on any atom is -0.308 e. The topological polar surface area (TPSA) is 72.3 Å². The molecule has 0 N–H and O–H groups in total. The summed E-state index contributed by atoms with van der Waals surface area (Å²) in [7, 11) is 0. The van der Waals surface area contributed by atoms with Crippen molar-refractivity contribution in [3.63, 3.8) is 0 Å². The van der Waals surface area contributed by atoms with Crippen molar-refractivity contribution in [2.75, 3.05) is 0 Å². The van der Waals surface area contributed by atoms with E-state index in [-0.39, 0.29) is 0 Å². The Labute approximate surface area is 132 Å². The minimum atomic E-state index is 0.594. The molecule has 0 aliphatic heterocycles. The lowest BCUT2D eigenvalue weighted by molar-refractivity contribution is 0.872. The van der Waals surface area contributed by atoms with Crippen LogP contribution in [0, 0.1) is 18.3 Å². The van der Waals surface area contributed by atoms with Crippen LogP contribution < -0.4 is 0 Å². The Kier molecular flexibility index (Phi) is 2.91. The highest BCUT2D eigenvalue weighted by atomic mass is 15.3. The molecule has 0 radical (unpaired) electrons. The molecule has 0 amide bonds. The second kappa shape index (κ2) is 5.07. The molecule has 0 saturated heterocycles. The van der Waals surface area contributed by atoms with Gasteiger partial charge < -0.3 is 4.57 Å². The first-order valence-corrected chi connectivity index (χ1v) is 7.11. The summed E-state index contributed by atoms with van der Waals surface area (Å²) in [6.07, 6.45) is 5.37. The van der Waals surface area contributed by atoms with Crippen molar-refractivity contribution >= 4 is 10.9 Å². The highest BCUT2D eigenvalue weighted by Gasteiger charge is 2.09. The molecule has 0 bridgehead atoms. The highest BCUT2D eigenvalue weighted by molar-refractivity contribution is 5.82. The molecule has 110 valence electrons. The van der Waals surface area contributed by atoms with Crippen LogP contribution in [0.15, 0.2) is 55.0 Å². The summed E-state index contributed by atoms with van der Waals surface area (Å²) in [5, 5.41) is 22.6. The van der Waals surface area contributed by atoms with Crippen molar-refractivity contribution < 1.29 is 0 Å². The molecule has 6 nitrogen and oxygen atoms in total. The van der Waals surface area contributed by atoms with Crippen LogP contribution in [0.2, 0.25) is 0 Å². The Bertz CT molecular complexity index is 1050. The largest absolute Gasteiger partial charge is 0.308 e. The number of nitrogens with zero attached hydrogens (tertiary/aromatic N) is 6. The molecule has 0 atom stereocenters. The Morgan fingerprint density at radius 1 is 1.09 bits per heavy atom. The maximum Gasteiger partial charge on any atom is 0.124 e. The molecule has 0 spiro atoms. The predicted molar refractivity (Wildman–Crippen MR) is 85.4 cm³/mol. The van der Waals surface area contributed by atoms with Gasteiger partial charge in [0, 0.05) is 17.3 Å². The fourth-order valence-electron chi connectivity index (χ4n) is 2.63. The van der Waals surface area contributed by atoms with E-state index in [1.165, 1.54) is 0 Å². The van der Waals surface area contributed by atoms with E-state index in [1.54, 1.807) is 12.3 Å². The molecule has 0 aliphatic carbocycles. The van der Waals surface area contributed by atoms with E-state index in [4.69, 9.17) is 0 Å². The number of benzene rings is 1.